The first kappa shape index (κ1) is 16.1. The Morgan fingerprint density at radius 1 is 1.12 bits per heavy atom. The monoisotopic (exact) mass is 334 g/mol. The number of halogens is 1. The van der Waals surface area contributed by atoms with Crippen LogP contribution >= 0.6 is 0 Å². The third-order valence-corrected chi connectivity index (χ3v) is 5.16. The molecule has 2 N–H and O–H groups in total. The van der Waals surface area contributed by atoms with E-state index in [1.165, 1.54) is 22.4 Å². The molecule has 3 aromatic carbocycles. The Morgan fingerprint density at radius 2 is 1.96 bits per heavy atom. The van der Waals surface area contributed by atoms with E-state index < -0.39 is 0 Å². The molecule has 0 amide bonds. The third-order valence-electron chi connectivity index (χ3n) is 5.16. The van der Waals surface area contributed by atoms with Gasteiger partial charge in [0.05, 0.1) is 0 Å². The molecule has 128 valence electrons. The van der Waals surface area contributed by atoms with Crippen LogP contribution in [-0.4, -0.2) is 13.1 Å². The van der Waals surface area contributed by atoms with Crippen molar-refractivity contribution in [2.24, 2.45) is 5.92 Å². The molecule has 0 saturated heterocycles. The lowest BCUT2D eigenvalue weighted by Gasteiger charge is -2.28. The number of anilines is 1. The van der Waals surface area contributed by atoms with Gasteiger partial charge < -0.3 is 10.6 Å². The maximum absolute atomic E-state index is 13.5. The van der Waals surface area contributed by atoms with E-state index >= 15 is 0 Å². The summed E-state index contributed by atoms with van der Waals surface area (Å²) in [5.41, 5.74) is 3.48. The molecule has 4 rings (SSSR count). The number of nitrogens with one attached hydrogen (secondary N) is 2. The molecular formula is C22H23FN2. The van der Waals surface area contributed by atoms with Crippen molar-refractivity contribution in [1.82, 2.24) is 5.32 Å². The van der Waals surface area contributed by atoms with Crippen molar-refractivity contribution in [2.75, 3.05) is 18.4 Å². The molecular weight excluding hydrogens is 311 g/mol. The van der Waals surface area contributed by atoms with Crippen molar-refractivity contribution in [3.05, 3.63) is 77.6 Å². The molecule has 25 heavy (non-hydrogen) atoms. The normalized spacial score (nSPS) is 17.8. The average molecular weight is 334 g/mol. The molecule has 1 unspecified atom stereocenters. The van der Waals surface area contributed by atoms with Gasteiger partial charge in [-0.25, -0.2) is 4.39 Å². The molecule has 1 aliphatic rings. The zero-order valence-electron chi connectivity index (χ0n) is 14.4. The Balaban J connectivity index is 1.44. The fourth-order valence-corrected chi connectivity index (χ4v) is 3.77. The Morgan fingerprint density at radius 3 is 2.88 bits per heavy atom. The second kappa shape index (κ2) is 6.85. The molecule has 0 saturated carbocycles. The number of hydrogen-bond acceptors (Lipinski definition) is 2. The molecule has 1 heterocycles. The van der Waals surface area contributed by atoms with E-state index in [0.29, 0.717) is 5.92 Å². The fraction of sp³-hybridized carbons (Fsp3) is 0.273. The third kappa shape index (κ3) is 3.38. The summed E-state index contributed by atoms with van der Waals surface area (Å²) in [7, 11) is 0. The van der Waals surface area contributed by atoms with Crippen LogP contribution in [0.4, 0.5) is 10.1 Å². The van der Waals surface area contributed by atoms with Gasteiger partial charge >= 0.3 is 0 Å². The molecule has 0 bridgehead atoms. The van der Waals surface area contributed by atoms with E-state index in [4.69, 9.17) is 0 Å². The van der Waals surface area contributed by atoms with E-state index in [9.17, 15) is 4.39 Å². The van der Waals surface area contributed by atoms with E-state index in [2.05, 4.69) is 60.0 Å². The van der Waals surface area contributed by atoms with Crippen LogP contribution in [0.3, 0.4) is 0 Å². The van der Waals surface area contributed by atoms with Gasteiger partial charge in [0.2, 0.25) is 0 Å². The summed E-state index contributed by atoms with van der Waals surface area (Å²) in [5.74, 6) is 0.310. The fourth-order valence-electron chi connectivity index (χ4n) is 3.77. The van der Waals surface area contributed by atoms with Crippen molar-refractivity contribution in [1.29, 1.82) is 0 Å². The number of fused-ring (bicyclic) bond motifs is 2. The summed E-state index contributed by atoms with van der Waals surface area (Å²) in [6, 6.07) is 20.3. The molecule has 2 nitrogen and oxygen atoms in total. The lowest BCUT2D eigenvalue weighted by Crippen LogP contribution is -2.33. The van der Waals surface area contributed by atoms with Crippen molar-refractivity contribution >= 4 is 16.5 Å². The largest absolute Gasteiger partial charge is 0.384 e. The van der Waals surface area contributed by atoms with Gasteiger partial charge in [-0.3, -0.25) is 0 Å². The minimum Gasteiger partial charge on any atom is -0.384 e. The molecule has 1 aliphatic heterocycles. The molecule has 0 aliphatic carbocycles. The lowest BCUT2D eigenvalue weighted by molar-refractivity contribution is 0.449. The Hall–Kier alpha value is -2.39. The number of hydrogen-bond donors (Lipinski definition) is 2. The molecule has 3 heteroatoms. The van der Waals surface area contributed by atoms with Crippen LogP contribution in [0.5, 0.6) is 0 Å². The molecule has 3 aromatic rings. The predicted molar refractivity (Wildman–Crippen MR) is 102 cm³/mol. The summed E-state index contributed by atoms with van der Waals surface area (Å²) in [4.78, 5) is 0. The maximum Gasteiger partial charge on any atom is 0.123 e. The first-order chi connectivity index (χ1) is 12.2. The quantitative estimate of drug-likeness (QED) is 0.708. The average Bonchev–Trinajstić information content (AvgIpc) is 2.65. The highest BCUT2D eigenvalue weighted by Gasteiger charge is 2.19. The van der Waals surface area contributed by atoms with Crippen molar-refractivity contribution in [2.45, 2.75) is 19.4 Å². The van der Waals surface area contributed by atoms with Crippen LogP contribution in [0.1, 0.15) is 24.1 Å². The molecule has 2 atom stereocenters. The maximum atomic E-state index is 13.5. The van der Waals surface area contributed by atoms with Crippen LogP contribution in [0.25, 0.3) is 10.8 Å². The smallest absolute Gasteiger partial charge is 0.123 e. The summed E-state index contributed by atoms with van der Waals surface area (Å²) in [6.45, 7) is 4.05. The number of rotatable bonds is 4. The van der Waals surface area contributed by atoms with Crippen molar-refractivity contribution < 1.29 is 4.39 Å². The van der Waals surface area contributed by atoms with Crippen LogP contribution in [0, 0.1) is 11.7 Å². The number of benzene rings is 3. The Kier molecular flexibility index (Phi) is 4.41. The highest BCUT2D eigenvalue weighted by molar-refractivity contribution is 5.86. The van der Waals surface area contributed by atoms with Gasteiger partial charge in [0.15, 0.2) is 0 Å². The predicted octanol–water partition coefficient (Wildman–Crippen LogP) is 4.91. The van der Waals surface area contributed by atoms with Gasteiger partial charge in [-0.05, 0) is 59.4 Å². The standard InChI is InChI=1S/C22H23FN2/c1-15(20-8-4-6-17-5-2-3-7-21(17)20)24-13-16-11-18-12-19(23)9-10-22(18)25-14-16/h2-10,12,15-16,24-25H,11,13-14H2,1H3/t15-,16?/m1/s1. The molecule has 0 aromatic heterocycles. The summed E-state index contributed by atoms with van der Waals surface area (Å²) < 4.78 is 13.5. The topological polar surface area (TPSA) is 24.1 Å². The first-order valence-corrected chi connectivity index (χ1v) is 8.94. The zero-order chi connectivity index (χ0) is 17.2. The van der Waals surface area contributed by atoms with Gasteiger partial charge in [0.1, 0.15) is 5.82 Å². The SMILES string of the molecule is C[C@@H](NCC1CNc2ccc(F)cc2C1)c1cccc2ccccc12. The summed E-state index contributed by atoms with van der Waals surface area (Å²) in [5, 5.41) is 9.68. The van der Waals surface area contributed by atoms with Gasteiger partial charge in [-0.2, -0.15) is 0 Å². The van der Waals surface area contributed by atoms with E-state index in [1.54, 1.807) is 6.07 Å². The zero-order valence-corrected chi connectivity index (χ0v) is 14.4. The Labute approximate surface area is 148 Å². The van der Waals surface area contributed by atoms with Crippen LogP contribution < -0.4 is 10.6 Å². The van der Waals surface area contributed by atoms with Crippen LogP contribution in [-0.2, 0) is 6.42 Å². The summed E-state index contributed by atoms with van der Waals surface area (Å²) in [6.07, 6.45) is 0.912. The minimum absolute atomic E-state index is 0.154. The van der Waals surface area contributed by atoms with Crippen molar-refractivity contribution in [3.8, 4) is 0 Å². The molecule has 0 radical (unpaired) electrons. The highest BCUT2D eigenvalue weighted by atomic mass is 19.1. The minimum atomic E-state index is -0.154. The molecule has 0 fully saturated rings. The molecule has 0 spiro atoms. The second-order valence-electron chi connectivity index (χ2n) is 6.95. The van der Waals surface area contributed by atoms with E-state index in [-0.39, 0.29) is 11.9 Å². The van der Waals surface area contributed by atoms with Gasteiger partial charge in [0, 0.05) is 24.8 Å². The lowest BCUT2D eigenvalue weighted by atomic mass is 9.93. The second-order valence-corrected chi connectivity index (χ2v) is 6.95. The van der Waals surface area contributed by atoms with Crippen molar-refractivity contribution in [3.63, 3.8) is 0 Å². The van der Waals surface area contributed by atoms with E-state index in [0.717, 1.165) is 30.8 Å². The van der Waals surface area contributed by atoms with Gasteiger partial charge in [-0.15, -0.1) is 0 Å². The van der Waals surface area contributed by atoms with E-state index in [1.807, 2.05) is 6.07 Å². The van der Waals surface area contributed by atoms with Crippen LogP contribution in [0.2, 0.25) is 0 Å². The first-order valence-electron chi connectivity index (χ1n) is 8.94. The van der Waals surface area contributed by atoms with Gasteiger partial charge in [0.25, 0.3) is 0 Å². The highest BCUT2D eigenvalue weighted by Crippen LogP contribution is 2.27. The summed E-state index contributed by atoms with van der Waals surface area (Å²) >= 11 is 0. The van der Waals surface area contributed by atoms with Crippen LogP contribution in [0.15, 0.2) is 60.7 Å². The van der Waals surface area contributed by atoms with Gasteiger partial charge in [-0.1, -0.05) is 42.5 Å². The Bertz CT molecular complexity index is 885.